The SMILES string of the molecule is COc1ccccc1C(=O)NCC1(C2=CCCS2)CCN(C(=NCC(F)(F)F)NC#N)CC1. The molecule has 0 atom stereocenters. The predicted molar refractivity (Wildman–Crippen MR) is 121 cm³/mol. The Morgan fingerprint density at radius 2 is 2.06 bits per heavy atom. The Bertz CT molecular complexity index is 950. The zero-order valence-corrected chi connectivity index (χ0v) is 19.1. The number of nitrogens with zero attached hydrogens (tertiary/aromatic N) is 3. The van der Waals surface area contributed by atoms with E-state index in [0.29, 0.717) is 43.8 Å². The lowest BCUT2D eigenvalue weighted by molar-refractivity contribution is -0.118. The lowest BCUT2D eigenvalue weighted by Gasteiger charge is -2.43. The summed E-state index contributed by atoms with van der Waals surface area (Å²) < 4.78 is 43.2. The number of hydrogen-bond donors (Lipinski definition) is 2. The first-order valence-electron chi connectivity index (χ1n) is 10.5. The number of thioether (sulfide) groups is 1. The minimum absolute atomic E-state index is 0.0745. The Labute approximate surface area is 195 Å². The summed E-state index contributed by atoms with van der Waals surface area (Å²) in [6.07, 6.45) is 1.57. The molecule has 0 spiro atoms. The molecule has 178 valence electrons. The van der Waals surface area contributed by atoms with Crippen LogP contribution >= 0.6 is 11.8 Å². The molecule has 2 aliphatic heterocycles. The number of piperidine rings is 1. The average Bonchev–Trinajstić information content (AvgIpc) is 3.36. The monoisotopic (exact) mass is 481 g/mol. The number of carbonyl (C=O) groups excluding carboxylic acids is 1. The van der Waals surface area contributed by atoms with E-state index in [1.165, 1.54) is 12.0 Å². The van der Waals surface area contributed by atoms with Crippen molar-refractivity contribution in [3.8, 4) is 11.9 Å². The van der Waals surface area contributed by atoms with Crippen molar-refractivity contribution in [3.05, 3.63) is 40.8 Å². The first-order chi connectivity index (χ1) is 15.8. The summed E-state index contributed by atoms with van der Waals surface area (Å²) in [5, 5.41) is 14.3. The maximum atomic E-state index is 12.9. The van der Waals surface area contributed by atoms with Crippen LogP contribution in [0.25, 0.3) is 0 Å². The zero-order chi connectivity index (χ0) is 23.9. The van der Waals surface area contributed by atoms with Crippen LogP contribution in [0.1, 0.15) is 29.6 Å². The molecular weight excluding hydrogens is 455 g/mol. The number of rotatable bonds is 6. The van der Waals surface area contributed by atoms with E-state index in [4.69, 9.17) is 10.00 Å². The van der Waals surface area contributed by atoms with Gasteiger partial charge in [0.1, 0.15) is 12.3 Å². The number of methoxy groups -OCH3 is 1. The summed E-state index contributed by atoms with van der Waals surface area (Å²) in [4.78, 5) is 19.3. The molecule has 3 rings (SSSR count). The second-order valence-corrected chi connectivity index (χ2v) is 8.98. The molecule has 0 aromatic heterocycles. The molecule has 0 aliphatic carbocycles. The number of alkyl halides is 3. The molecule has 0 saturated carbocycles. The molecule has 33 heavy (non-hydrogen) atoms. The molecule has 1 saturated heterocycles. The van der Waals surface area contributed by atoms with E-state index in [0.717, 1.165) is 12.2 Å². The van der Waals surface area contributed by atoms with Gasteiger partial charge in [0.2, 0.25) is 5.96 Å². The van der Waals surface area contributed by atoms with Gasteiger partial charge < -0.3 is 15.0 Å². The van der Waals surface area contributed by atoms with Gasteiger partial charge in [0.25, 0.3) is 5.91 Å². The molecular formula is C22H26F3N5O2S. The van der Waals surface area contributed by atoms with Crippen LogP contribution in [0.2, 0.25) is 0 Å². The molecule has 7 nitrogen and oxygen atoms in total. The summed E-state index contributed by atoms with van der Waals surface area (Å²) in [5.74, 6) is 1.14. The number of likely N-dealkylation sites (tertiary alicyclic amines) is 1. The highest BCUT2D eigenvalue weighted by Gasteiger charge is 2.40. The fourth-order valence-corrected chi connectivity index (χ4v) is 5.33. The van der Waals surface area contributed by atoms with Crippen molar-refractivity contribution in [2.75, 3.05) is 39.0 Å². The fourth-order valence-electron chi connectivity index (χ4n) is 4.05. The van der Waals surface area contributed by atoms with Crippen molar-refractivity contribution in [2.24, 2.45) is 10.4 Å². The minimum Gasteiger partial charge on any atom is -0.496 e. The molecule has 2 aliphatic rings. The quantitative estimate of drug-likeness (QED) is 0.280. The van der Waals surface area contributed by atoms with Gasteiger partial charge in [-0.2, -0.15) is 18.4 Å². The van der Waals surface area contributed by atoms with Gasteiger partial charge in [-0.25, -0.2) is 4.99 Å². The van der Waals surface area contributed by atoms with Gasteiger partial charge in [-0.15, -0.1) is 11.8 Å². The number of aliphatic imine (C=N–C) groups is 1. The Kier molecular flexibility index (Phi) is 8.13. The van der Waals surface area contributed by atoms with Crippen LogP contribution in [-0.4, -0.2) is 62.0 Å². The number of nitrogens with one attached hydrogen (secondary N) is 2. The molecule has 1 aromatic carbocycles. The maximum Gasteiger partial charge on any atom is 0.408 e. The van der Waals surface area contributed by atoms with Crippen LogP contribution in [-0.2, 0) is 0 Å². The molecule has 1 amide bonds. The van der Waals surface area contributed by atoms with Crippen LogP contribution in [0.3, 0.4) is 0 Å². The van der Waals surface area contributed by atoms with Gasteiger partial charge in [-0.05, 0) is 36.3 Å². The third kappa shape index (κ3) is 6.35. The van der Waals surface area contributed by atoms with E-state index in [2.05, 4.69) is 21.7 Å². The molecule has 11 heteroatoms. The number of benzene rings is 1. The highest BCUT2D eigenvalue weighted by atomic mass is 32.2. The highest BCUT2D eigenvalue weighted by Crippen LogP contribution is 2.46. The van der Waals surface area contributed by atoms with Gasteiger partial charge in [-0.1, -0.05) is 18.2 Å². The highest BCUT2D eigenvalue weighted by molar-refractivity contribution is 8.03. The number of amides is 1. The van der Waals surface area contributed by atoms with E-state index in [1.807, 2.05) is 0 Å². The van der Waals surface area contributed by atoms with Crippen molar-refractivity contribution in [3.63, 3.8) is 0 Å². The average molecular weight is 482 g/mol. The molecule has 0 radical (unpaired) electrons. The van der Waals surface area contributed by atoms with Crippen LogP contribution in [0.15, 0.2) is 40.2 Å². The van der Waals surface area contributed by atoms with Crippen LogP contribution in [0.5, 0.6) is 5.75 Å². The number of carbonyl (C=O) groups is 1. The molecule has 0 bridgehead atoms. The van der Waals surface area contributed by atoms with Crippen LogP contribution in [0.4, 0.5) is 13.2 Å². The molecule has 0 unspecified atom stereocenters. The zero-order valence-electron chi connectivity index (χ0n) is 18.2. The van der Waals surface area contributed by atoms with Crippen LogP contribution < -0.4 is 15.4 Å². The van der Waals surface area contributed by atoms with Crippen molar-refractivity contribution >= 4 is 23.6 Å². The topological polar surface area (TPSA) is 89.8 Å². The number of ether oxygens (including phenoxy) is 1. The predicted octanol–water partition coefficient (Wildman–Crippen LogP) is 3.52. The fraction of sp³-hybridized carbons (Fsp3) is 0.500. The van der Waals surface area contributed by atoms with Crippen molar-refractivity contribution in [2.45, 2.75) is 25.4 Å². The Hall–Kier alpha value is -2.87. The number of allylic oxidation sites excluding steroid dienone is 1. The smallest absolute Gasteiger partial charge is 0.408 e. The molecule has 2 N–H and O–H groups in total. The summed E-state index contributed by atoms with van der Waals surface area (Å²) in [6.45, 7) is -0.131. The maximum absolute atomic E-state index is 12.9. The van der Waals surface area contributed by atoms with E-state index in [9.17, 15) is 18.0 Å². The molecule has 1 fully saturated rings. The number of halogens is 3. The van der Waals surface area contributed by atoms with Crippen molar-refractivity contribution in [1.82, 2.24) is 15.5 Å². The summed E-state index contributed by atoms with van der Waals surface area (Å²) in [6, 6.07) is 6.98. The standard InChI is InChI=1S/C22H26F3N5O2S/c1-32-17-6-3-2-5-16(17)19(31)27-13-21(18-7-4-12-33-18)8-10-30(11-9-21)20(29-15-26)28-14-22(23,24)25/h2-3,5-7H,4,8-14H2,1H3,(H,27,31)(H,28,29). The summed E-state index contributed by atoms with van der Waals surface area (Å²) in [5.41, 5.74) is 0.123. The van der Waals surface area contributed by atoms with Gasteiger partial charge in [0.05, 0.1) is 12.7 Å². The molecule has 2 heterocycles. The largest absolute Gasteiger partial charge is 0.496 e. The second kappa shape index (κ2) is 10.8. The third-order valence-electron chi connectivity index (χ3n) is 5.76. The van der Waals surface area contributed by atoms with Gasteiger partial charge in [0.15, 0.2) is 6.19 Å². The second-order valence-electron chi connectivity index (χ2n) is 7.85. The minimum atomic E-state index is -4.45. The third-order valence-corrected chi connectivity index (χ3v) is 7.11. The van der Waals surface area contributed by atoms with Gasteiger partial charge in [0, 0.05) is 30.8 Å². The Balaban J connectivity index is 1.73. The number of hydrogen-bond acceptors (Lipinski definition) is 5. The number of para-hydroxylation sites is 1. The Morgan fingerprint density at radius 3 is 2.67 bits per heavy atom. The normalized spacial score (nSPS) is 18.3. The van der Waals surface area contributed by atoms with E-state index in [1.54, 1.807) is 47.1 Å². The van der Waals surface area contributed by atoms with Crippen molar-refractivity contribution in [1.29, 1.82) is 5.26 Å². The summed E-state index contributed by atoms with van der Waals surface area (Å²) >= 11 is 1.76. The Morgan fingerprint density at radius 1 is 1.33 bits per heavy atom. The lowest BCUT2D eigenvalue weighted by Crippen LogP contribution is -2.51. The van der Waals surface area contributed by atoms with Crippen molar-refractivity contribution < 1.29 is 22.7 Å². The number of guanidine groups is 1. The van der Waals surface area contributed by atoms with E-state index < -0.39 is 12.7 Å². The van der Waals surface area contributed by atoms with Gasteiger partial charge >= 0.3 is 6.18 Å². The van der Waals surface area contributed by atoms with Crippen LogP contribution in [0, 0.1) is 16.9 Å². The van der Waals surface area contributed by atoms with Gasteiger partial charge in [-0.3, -0.25) is 10.1 Å². The van der Waals surface area contributed by atoms with E-state index >= 15 is 0 Å². The first-order valence-corrected chi connectivity index (χ1v) is 11.5. The lowest BCUT2D eigenvalue weighted by atomic mass is 9.77. The molecule has 1 aromatic rings. The van der Waals surface area contributed by atoms with E-state index in [-0.39, 0.29) is 17.3 Å². The first kappa shape index (κ1) is 24.8. The number of nitriles is 1. The summed E-state index contributed by atoms with van der Waals surface area (Å²) in [7, 11) is 1.51.